The van der Waals surface area contributed by atoms with E-state index >= 15 is 0 Å². The molecule has 10 nitrogen and oxygen atoms in total. The van der Waals surface area contributed by atoms with Crippen LogP contribution in [0.15, 0.2) is 46.3 Å². The first-order valence-electron chi connectivity index (χ1n) is 11.5. The van der Waals surface area contributed by atoms with Crippen LogP contribution >= 0.6 is 11.6 Å². The lowest BCUT2D eigenvalue weighted by molar-refractivity contribution is 0.0942. The van der Waals surface area contributed by atoms with Gasteiger partial charge in [-0.3, -0.25) is 9.89 Å². The number of H-pyrrole nitrogens is 1. The summed E-state index contributed by atoms with van der Waals surface area (Å²) in [6, 6.07) is 7.19. The smallest absolute Gasteiger partial charge is 0.268 e. The Kier molecular flexibility index (Phi) is 5.35. The van der Waals surface area contributed by atoms with Crippen LogP contribution in [-0.2, 0) is 23.4 Å². The highest BCUT2D eigenvalue weighted by Crippen LogP contribution is 2.37. The van der Waals surface area contributed by atoms with Crippen LogP contribution in [-0.4, -0.2) is 44.1 Å². The second-order valence-electron chi connectivity index (χ2n) is 9.12. The lowest BCUT2D eigenvalue weighted by atomic mass is 10.1. The molecule has 0 saturated heterocycles. The molecule has 1 aliphatic carbocycles. The molecule has 0 aliphatic heterocycles. The third-order valence-electron chi connectivity index (χ3n) is 6.80. The van der Waals surface area contributed by atoms with Crippen molar-refractivity contribution >= 4 is 49.3 Å². The van der Waals surface area contributed by atoms with Gasteiger partial charge in [-0.15, -0.1) is 5.10 Å². The Bertz CT molecular complexity index is 1840. The monoisotopic (exact) mass is 541 g/mol. The minimum absolute atomic E-state index is 0.0124. The van der Waals surface area contributed by atoms with Crippen molar-refractivity contribution in [3.8, 4) is 0 Å². The first-order valence-corrected chi connectivity index (χ1v) is 13.4. The number of carbonyl (C=O) groups is 1. The quantitative estimate of drug-likeness (QED) is 0.336. The molecule has 1 fully saturated rings. The fourth-order valence-corrected chi connectivity index (χ4v) is 6.45. The molecule has 190 valence electrons. The average molecular weight is 542 g/mol. The summed E-state index contributed by atoms with van der Waals surface area (Å²) in [5.74, 6) is -1.02. The minimum Gasteiger partial charge on any atom is -0.346 e. The molecule has 0 radical (unpaired) electrons. The van der Waals surface area contributed by atoms with Crippen molar-refractivity contribution in [1.82, 2.24) is 35.1 Å². The lowest BCUT2D eigenvalue weighted by Gasteiger charge is -2.10. The van der Waals surface area contributed by atoms with Crippen LogP contribution in [0, 0.1) is 12.7 Å². The Morgan fingerprint density at radius 2 is 2.05 bits per heavy atom. The molecule has 1 saturated carbocycles. The predicted molar refractivity (Wildman–Crippen MR) is 134 cm³/mol. The van der Waals surface area contributed by atoms with Crippen LogP contribution in [0.4, 0.5) is 4.39 Å². The normalized spacial score (nSPS) is 14.1. The van der Waals surface area contributed by atoms with Gasteiger partial charge in [-0.2, -0.15) is 5.10 Å². The highest BCUT2D eigenvalue weighted by Gasteiger charge is 2.30. The number of fused-ring (bicyclic) bond motifs is 2. The van der Waals surface area contributed by atoms with Crippen molar-refractivity contribution in [3.05, 3.63) is 64.3 Å². The standard InChI is InChI=1S/C24H21ClFN7O3S/c1-12-21(37(35,36)15-7-13-10-28-30-22(13)17(25)8-15)9-20(32(12)2)24(34)27-11-16-18(26)5-6-19-23(16)33(31-29-19)14-3-4-14/h5-10,14H,3-4,11H2,1-2H3,(H,27,34)(H,28,30). The number of sulfone groups is 1. The van der Waals surface area contributed by atoms with Gasteiger partial charge < -0.3 is 9.88 Å². The molecule has 0 atom stereocenters. The van der Waals surface area contributed by atoms with Crippen molar-refractivity contribution in [2.24, 2.45) is 7.05 Å². The lowest BCUT2D eigenvalue weighted by Crippen LogP contribution is -2.26. The number of amides is 1. The summed E-state index contributed by atoms with van der Waals surface area (Å²) >= 11 is 6.26. The van der Waals surface area contributed by atoms with Gasteiger partial charge in [-0.25, -0.2) is 17.5 Å². The SMILES string of the molecule is Cc1c(S(=O)(=O)c2cc(Cl)c3[nH]ncc3c2)cc(C(=O)NCc2c(F)ccc3nnn(C4CC4)c23)n1C. The van der Waals surface area contributed by atoms with Gasteiger partial charge in [0.25, 0.3) is 5.91 Å². The zero-order chi connectivity index (χ0) is 26.1. The maximum Gasteiger partial charge on any atom is 0.268 e. The molecule has 0 spiro atoms. The molecular weight excluding hydrogens is 521 g/mol. The second-order valence-corrected chi connectivity index (χ2v) is 11.4. The topological polar surface area (TPSA) is 128 Å². The summed E-state index contributed by atoms with van der Waals surface area (Å²) < 4.78 is 45.0. The largest absolute Gasteiger partial charge is 0.346 e. The zero-order valence-electron chi connectivity index (χ0n) is 19.8. The Balaban J connectivity index is 1.32. The number of benzene rings is 2. The van der Waals surface area contributed by atoms with Gasteiger partial charge in [0.1, 0.15) is 17.0 Å². The van der Waals surface area contributed by atoms with Gasteiger partial charge in [0, 0.05) is 30.2 Å². The van der Waals surface area contributed by atoms with Gasteiger partial charge in [0.2, 0.25) is 9.84 Å². The molecular formula is C24H21ClFN7O3S. The van der Waals surface area contributed by atoms with E-state index in [1.807, 2.05) is 0 Å². The Morgan fingerprint density at radius 3 is 2.81 bits per heavy atom. The van der Waals surface area contributed by atoms with Crippen LogP contribution in [0.5, 0.6) is 0 Å². The van der Waals surface area contributed by atoms with Crippen LogP contribution in [0.2, 0.25) is 5.02 Å². The summed E-state index contributed by atoms with van der Waals surface area (Å²) in [4.78, 5) is 13.1. The molecule has 3 heterocycles. The van der Waals surface area contributed by atoms with E-state index in [9.17, 15) is 17.6 Å². The van der Waals surface area contributed by atoms with E-state index in [0.29, 0.717) is 27.6 Å². The highest BCUT2D eigenvalue weighted by atomic mass is 35.5. The van der Waals surface area contributed by atoms with Crippen molar-refractivity contribution in [2.45, 2.75) is 42.1 Å². The summed E-state index contributed by atoms with van der Waals surface area (Å²) in [5.41, 5.74) is 2.41. The molecule has 1 aliphatic rings. The van der Waals surface area contributed by atoms with Crippen LogP contribution in [0.25, 0.3) is 21.9 Å². The van der Waals surface area contributed by atoms with Crippen molar-refractivity contribution in [2.75, 3.05) is 0 Å². The maximum absolute atomic E-state index is 14.8. The number of nitrogens with zero attached hydrogens (tertiary/aromatic N) is 5. The first kappa shape index (κ1) is 23.6. The van der Waals surface area contributed by atoms with Crippen molar-refractivity contribution in [3.63, 3.8) is 0 Å². The van der Waals surface area contributed by atoms with Crippen LogP contribution in [0.3, 0.4) is 0 Å². The summed E-state index contributed by atoms with van der Waals surface area (Å²) in [6.45, 7) is 1.50. The van der Waals surface area contributed by atoms with E-state index in [1.54, 1.807) is 24.7 Å². The first-order chi connectivity index (χ1) is 17.7. The van der Waals surface area contributed by atoms with Crippen molar-refractivity contribution < 1.29 is 17.6 Å². The molecule has 2 N–H and O–H groups in total. The van der Waals surface area contributed by atoms with E-state index in [4.69, 9.17) is 11.6 Å². The molecule has 2 aromatic carbocycles. The number of nitrogens with one attached hydrogen (secondary N) is 2. The molecule has 5 aromatic rings. The fraction of sp³-hybridized carbons (Fsp3) is 0.250. The Morgan fingerprint density at radius 1 is 1.27 bits per heavy atom. The number of rotatable bonds is 6. The zero-order valence-corrected chi connectivity index (χ0v) is 21.4. The second kappa shape index (κ2) is 8.38. The van der Waals surface area contributed by atoms with Crippen molar-refractivity contribution in [1.29, 1.82) is 0 Å². The van der Waals surface area contributed by atoms with E-state index in [2.05, 4.69) is 25.8 Å². The third kappa shape index (κ3) is 3.78. The van der Waals surface area contributed by atoms with Gasteiger partial charge in [-0.05, 0) is 50.1 Å². The van der Waals surface area contributed by atoms with Gasteiger partial charge in [0.15, 0.2) is 0 Å². The van der Waals surface area contributed by atoms with Gasteiger partial charge in [0.05, 0.1) is 38.1 Å². The Labute approximate surface area is 215 Å². The molecule has 13 heteroatoms. The fourth-order valence-electron chi connectivity index (χ4n) is 4.51. The number of carbonyl (C=O) groups excluding carboxylic acids is 1. The van der Waals surface area contributed by atoms with Gasteiger partial charge in [-0.1, -0.05) is 16.8 Å². The number of aromatic amines is 1. The number of halogens is 2. The summed E-state index contributed by atoms with van der Waals surface area (Å²) in [5, 5.41) is 18.4. The molecule has 1 amide bonds. The van der Waals surface area contributed by atoms with Gasteiger partial charge >= 0.3 is 0 Å². The van der Waals surface area contributed by atoms with E-state index in [-0.39, 0.29) is 38.7 Å². The summed E-state index contributed by atoms with van der Waals surface area (Å²) in [7, 11) is -2.41. The number of hydrogen-bond acceptors (Lipinski definition) is 6. The minimum atomic E-state index is -4.01. The van der Waals surface area contributed by atoms with E-state index in [1.165, 1.54) is 35.0 Å². The van der Waals surface area contributed by atoms with E-state index < -0.39 is 21.6 Å². The molecule has 0 unspecified atom stereocenters. The molecule has 0 bridgehead atoms. The highest BCUT2D eigenvalue weighted by molar-refractivity contribution is 7.91. The van der Waals surface area contributed by atoms with E-state index in [0.717, 1.165) is 12.8 Å². The predicted octanol–water partition coefficient (Wildman–Crippen LogP) is 3.84. The number of aromatic nitrogens is 6. The molecule has 37 heavy (non-hydrogen) atoms. The molecule has 6 rings (SSSR count). The van der Waals surface area contributed by atoms with Crippen LogP contribution < -0.4 is 5.32 Å². The summed E-state index contributed by atoms with van der Waals surface area (Å²) in [6.07, 6.45) is 3.38. The Hall–Kier alpha value is -3.77. The van der Waals surface area contributed by atoms with Crippen LogP contribution in [0.1, 0.15) is 40.6 Å². The third-order valence-corrected chi connectivity index (χ3v) is 8.94. The average Bonchev–Trinajstić information content (AvgIpc) is 3.29. The number of hydrogen-bond donors (Lipinski definition) is 2. The molecule has 3 aromatic heterocycles. The maximum atomic E-state index is 14.8.